The Balaban J connectivity index is 1.58. The summed E-state index contributed by atoms with van der Waals surface area (Å²) < 4.78 is 18.7. The second-order valence-electron chi connectivity index (χ2n) is 9.91. The zero-order chi connectivity index (χ0) is 22.5. The number of amides is 2. The van der Waals surface area contributed by atoms with E-state index in [1.807, 2.05) is 6.07 Å². The first-order valence-electron chi connectivity index (χ1n) is 11.2. The van der Waals surface area contributed by atoms with Crippen LogP contribution in [0.4, 0.5) is 0 Å². The third-order valence-corrected chi connectivity index (χ3v) is 8.96. The smallest absolute Gasteiger partial charge is 0.244 e. The molecule has 4 aliphatic carbocycles. The number of piperidine rings is 1. The van der Waals surface area contributed by atoms with Gasteiger partial charge in [-0.2, -0.15) is 0 Å². The maximum atomic E-state index is 13.4. The number of hydrazine groups is 1. The molecule has 7 rings (SSSR count). The van der Waals surface area contributed by atoms with Gasteiger partial charge in [0.15, 0.2) is 11.5 Å². The standard InChI is InChI=1S/C24H29N3O5/c1-13(28)25-26-20(29)15-12-22-7-8-24(15,31-4)21-23(22)9-10-27(2)17(22)11-14-5-6-16(30-3)19(32-21)18(14)23/h5-8,15,17,21H,9-12H2,1-4H3,(H,25,28)(H,26,29)/t15-,17-,21-,22-,23+,24-/m1/s1. The van der Waals surface area contributed by atoms with E-state index in [1.54, 1.807) is 14.2 Å². The van der Waals surface area contributed by atoms with Crippen LogP contribution in [0, 0.1) is 11.3 Å². The lowest BCUT2D eigenvalue weighted by Gasteiger charge is -2.70. The lowest BCUT2D eigenvalue weighted by atomic mass is 9.37. The summed E-state index contributed by atoms with van der Waals surface area (Å²) in [6.45, 7) is 2.33. The third kappa shape index (κ3) is 2.02. The van der Waals surface area contributed by atoms with Gasteiger partial charge in [-0.15, -0.1) is 0 Å². The van der Waals surface area contributed by atoms with Crippen molar-refractivity contribution in [3.8, 4) is 11.5 Å². The quantitative estimate of drug-likeness (QED) is 0.541. The molecule has 6 atom stereocenters. The first-order chi connectivity index (χ1) is 15.3. The predicted molar refractivity (Wildman–Crippen MR) is 115 cm³/mol. The maximum absolute atomic E-state index is 13.4. The number of rotatable bonds is 3. The minimum absolute atomic E-state index is 0.247. The van der Waals surface area contributed by atoms with Crippen LogP contribution in [0.1, 0.15) is 30.9 Å². The van der Waals surface area contributed by atoms with E-state index in [2.05, 4.69) is 41.0 Å². The molecule has 1 aromatic carbocycles. The van der Waals surface area contributed by atoms with Crippen molar-refractivity contribution in [2.24, 2.45) is 11.3 Å². The average molecular weight is 440 g/mol. The molecule has 4 bridgehead atoms. The Bertz CT molecular complexity index is 1070. The molecule has 2 heterocycles. The SMILES string of the molecule is COc1ccc2c3c1O[C@H]1[C@@]4(OC)C=C[C@@]5(C[C@@H]4C(=O)NNC(C)=O)[C@@H](C2)N(C)CC[C@]315. The number of ether oxygens (including phenoxy) is 3. The summed E-state index contributed by atoms with van der Waals surface area (Å²) in [5, 5.41) is 0. The van der Waals surface area contributed by atoms with E-state index in [9.17, 15) is 9.59 Å². The second kappa shape index (κ2) is 6.26. The molecule has 0 radical (unpaired) electrons. The summed E-state index contributed by atoms with van der Waals surface area (Å²) >= 11 is 0. The highest BCUT2D eigenvalue weighted by atomic mass is 16.6. The Hall–Kier alpha value is -2.58. The monoisotopic (exact) mass is 439 g/mol. The van der Waals surface area contributed by atoms with Gasteiger partial charge in [-0.25, -0.2) is 0 Å². The average Bonchev–Trinajstić information content (AvgIpc) is 3.16. The number of hydrogen-bond donors (Lipinski definition) is 2. The van der Waals surface area contributed by atoms with Crippen LogP contribution < -0.4 is 20.3 Å². The molecule has 2 spiro atoms. The number of nitrogens with one attached hydrogen (secondary N) is 2. The van der Waals surface area contributed by atoms with Crippen molar-refractivity contribution >= 4 is 11.8 Å². The van der Waals surface area contributed by atoms with Crippen molar-refractivity contribution in [1.82, 2.24) is 15.8 Å². The number of likely N-dealkylation sites (N-methyl/N-ethyl adjacent to an activating group) is 1. The van der Waals surface area contributed by atoms with Crippen molar-refractivity contribution in [2.75, 3.05) is 27.8 Å². The molecule has 170 valence electrons. The number of nitrogens with zero attached hydrogens (tertiary/aromatic N) is 1. The van der Waals surface area contributed by atoms with Gasteiger partial charge in [-0.1, -0.05) is 18.2 Å². The van der Waals surface area contributed by atoms with E-state index in [0.717, 1.165) is 30.9 Å². The first-order valence-corrected chi connectivity index (χ1v) is 11.2. The van der Waals surface area contributed by atoms with E-state index < -0.39 is 11.5 Å². The molecule has 6 aliphatic rings. The number of benzene rings is 1. The number of likely N-dealkylation sites (tertiary alicyclic amines) is 1. The van der Waals surface area contributed by atoms with Gasteiger partial charge in [-0.3, -0.25) is 20.4 Å². The Morgan fingerprint density at radius 2 is 2.03 bits per heavy atom. The van der Waals surface area contributed by atoms with E-state index in [-0.39, 0.29) is 34.8 Å². The van der Waals surface area contributed by atoms with E-state index in [4.69, 9.17) is 14.2 Å². The minimum Gasteiger partial charge on any atom is -0.493 e. The van der Waals surface area contributed by atoms with Gasteiger partial charge in [0.2, 0.25) is 11.8 Å². The molecule has 1 saturated carbocycles. The minimum atomic E-state index is -0.941. The van der Waals surface area contributed by atoms with Crippen LogP contribution in [0.5, 0.6) is 11.5 Å². The van der Waals surface area contributed by atoms with E-state index >= 15 is 0 Å². The molecule has 2 aliphatic heterocycles. The van der Waals surface area contributed by atoms with Crippen LogP contribution in [-0.4, -0.2) is 62.3 Å². The summed E-state index contributed by atoms with van der Waals surface area (Å²) in [6, 6.07) is 4.42. The summed E-state index contributed by atoms with van der Waals surface area (Å²) in [7, 11) is 5.50. The fourth-order valence-corrected chi connectivity index (χ4v) is 7.74. The van der Waals surface area contributed by atoms with Crippen LogP contribution in [0.2, 0.25) is 0 Å². The number of fused-ring (bicyclic) bond motifs is 1. The molecule has 8 nitrogen and oxygen atoms in total. The molecule has 0 unspecified atom stereocenters. The maximum Gasteiger partial charge on any atom is 0.244 e. The topological polar surface area (TPSA) is 89.1 Å². The second-order valence-corrected chi connectivity index (χ2v) is 9.91. The van der Waals surface area contributed by atoms with Crippen LogP contribution >= 0.6 is 0 Å². The highest BCUT2D eigenvalue weighted by Gasteiger charge is 2.79. The van der Waals surface area contributed by atoms with Crippen molar-refractivity contribution in [3.05, 3.63) is 35.4 Å². The molecule has 1 saturated heterocycles. The normalized spacial score (nSPS) is 39.8. The van der Waals surface area contributed by atoms with Crippen LogP contribution in [0.25, 0.3) is 0 Å². The third-order valence-electron chi connectivity index (χ3n) is 8.96. The summed E-state index contributed by atoms with van der Waals surface area (Å²) in [5.74, 6) is 0.460. The summed E-state index contributed by atoms with van der Waals surface area (Å²) in [4.78, 5) is 27.3. The molecular weight excluding hydrogens is 410 g/mol. The van der Waals surface area contributed by atoms with Gasteiger partial charge in [0, 0.05) is 31.1 Å². The highest BCUT2D eigenvalue weighted by molar-refractivity contribution is 5.85. The zero-order valence-electron chi connectivity index (χ0n) is 18.9. The van der Waals surface area contributed by atoms with Crippen molar-refractivity contribution < 1.29 is 23.8 Å². The molecule has 8 heteroatoms. The number of carbonyl (C=O) groups excluding carboxylic acids is 2. The van der Waals surface area contributed by atoms with Gasteiger partial charge in [0.25, 0.3) is 0 Å². The molecule has 0 aromatic heterocycles. The van der Waals surface area contributed by atoms with Gasteiger partial charge < -0.3 is 19.1 Å². The van der Waals surface area contributed by atoms with E-state index in [0.29, 0.717) is 6.42 Å². The fourth-order valence-electron chi connectivity index (χ4n) is 7.74. The Morgan fingerprint density at radius 1 is 1.22 bits per heavy atom. The highest BCUT2D eigenvalue weighted by Crippen LogP contribution is 2.74. The van der Waals surface area contributed by atoms with Crippen LogP contribution in [0.15, 0.2) is 24.3 Å². The van der Waals surface area contributed by atoms with Gasteiger partial charge >= 0.3 is 0 Å². The lowest BCUT2D eigenvalue weighted by molar-refractivity contribution is -0.214. The van der Waals surface area contributed by atoms with Gasteiger partial charge in [0.1, 0.15) is 11.7 Å². The number of methoxy groups -OCH3 is 2. The van der Waals surface area contributed by atoms with Crippen LogP contribution in [-0.2, 0) is 26.2 Å². The van der Waals surface area contributed by atoms with Crippen molar-refractivity contribution in [2.45, 2.75) is 49.3 Å². The Morgan fingerprint density at radius 3 is 2.75 bits per heavy atom. The van der Waals surface area contributed by atoms with Gasteiger partial charge in [0.05, 0.1) is 18.4 Å². The van der Waals surface area contributed by atoms with Crippen LogP contribution in [0.3, 0.4) is 0 Å². The molecule has 2 N–H and O–H groups in total. The Kier molecular flexibility index (Phi) is 3.92. The molecular formula is C24H29N3O5. The Labute approximate surface area is 187 Å². The summed E-state index contributed by atoms with van der Waals surface area (Å²) in [6.07, 6.45) is 6.48. The largest absolute Gasteiger partial charge is 0.493 e. The molecule has 1 aromatic rings. The molecule has 2 fully saturated rings. The molecule has 2 amide bonds. The van der Waals surface area contributed by atoms with Crippen molar-refractivity contribution in [3.63, 3.8) is 0 Å². The summed E-state index contributed by atoms with van der Waals surface area (Å²) in [5.41, 5.74) is 6.11. The van der Waals surface area contributed by atoms with Crippen molar-refractivity contribution in [1.29, 1.82) is 0 Å². The van der Waals surface area contributed by atoms with E-state index in [1.165, 1.54) is 18.1 Å². The number of carbonyl (C=O) groups is 2. The first kappa shape index (κ1) is 20.1. The molecule has 32 heavy (non-hydrogen) atoms. The zero-order valence-corrected chi connectivity index (χ0v) is 18.9. The number of hydrogen-bond acceptors (Lipinski definition) is 6. The lowest BCUT2D eigenvalue weighted by Crippen LogP contribution is -2.80. The predicted octanol–water partition coefficient (Wildman–Crippen LogP) is 1.08. The fraction of sp³-hybridized carbons (Fsp3) is 0.583. The van der Waals surface area contributed by atoms with Gasteiger partial charge in [-0.05, 0) is 44.5 Å².